The number of amides is 1. The Morgan fingerprint density at radius 3 is 2.69 bits per heavy atom. The Balaban J connectivity index is 2.12. The molecule has 0 fully saturated rings. The van der Waals surface area contributed by atoms with E-state index in [0.717, 1.165) is 11.3 Å². The number of hydrogen-bond acceptors (Lipinski definition) is 4. The molecule has 0 saturated heterocycles. The molecule has 0 unspecified atom stereocenters. The highest BCUT2D eigenvalue weighted by Gasteiger charge is 2.22. The first-order valence-electron chi connectivity index (χ1n) is 8.27. The van der Waals surface area contributed by atoms with Gasteiger partial charge in [0.2, 0.25) is 5.91 Å². The smallest absolute Gasteiger partial charge is 0.217 e. The van der Waals surface area contributed by atoms with Gasteiger partial charge in [0.25, 0.3) is 0 Å². The Hall–Kier alpha value is -2.79. The molecule has 0 aliphatic carbocycles. The summed E-state index contributed by atoms with van der Waals surface area (Å²) in [6.07, 6.45) is 1.59. The second kappa shape index (κ2) is 7.62. The van der Waals surface area contributed by atoms with Gasteiger partial charge in [0, 0.05) is 24.1 Å². The molecule has 1 heterocycles. The summed E-state index contributed by atoms with van der Waals surface area (Å²) in [5.41, 5.74) is 1.68. The number of rotatable bonds is 5. The summed E-state index contributed by atoms with van der Waals surface area (Å²) in [5.74, 6) is 0.512. The third-order valence-corrected chi connectivity index (χ3v) is 4.34. The summed E-state index contributed by atoms with van der Waals surface area (Å²) in [6.45, 7) is 3.91. The first-order chi connectivity index (χ1) is 12.5. The van der Waals surface area contributed by atoms with E-state index in [4.69, 9.17) is 16.3 Å². The molecule has 1 atom stereocenters. The van der Waals surface area contributed by atoms with Crippen molar-refractivity contribution < 1.29 is 14.6 Å². The van der Waals surface area contributed by atoms with Gasteiger partial charge >= 0.3 is 0 Å². The minimum Gasteiger partial charge on any atom is -0.505 e. The third kappa shape index (κ3) is 3.58. The van der Waals surface area contributed by atoms with Crippen molar-refractivity contribution in [2.24, 2.45) is 0 Å². The molecule has 6 heteroatoms. The van der Waals surface area contributed by atoms with E-state index in [1.165, 1.54) is 6.92 Å². The van der Waals surface area contributed by atoms with Gasteiger partial charge in [-0.15, -0.1) is 0 Å². The predicted molar refractivity (Wildman–Crippen MR) is 102 cm³/mol. The summed E-state index contributed by atoms with van der Waals surface area (Å²) >= 11 is 6.38. The highest BCUT2D eigenvalue weighted by atomic mass is 35.5. The van der Waals surface area contributed by atoms with Gasteiger partial charge in [-0.05, 0) is 42.8 Å². The lowest BCUT2D eigenvalue weighted by Gasteiger charge is -2.21. The summed E-state index contributed by atoms with van der Waals surface area (Å²) in [4.78, 5) is 16.0. The number of aromatic nitrogens is 1. The van der Waals surface area contributed by atoms with E-state index in [1.807, 2.05) is 31.2 Å². The Bertz CT molecular complexity index is 942. The number of benzene rings is 2. The molecule has 2 aromatic carbocycles. The molecular weight excluding hydrogens is 352 g/mol. The molecule has 0 radical (unpaired) electrons. The second-order valence-corrected chi connectivity index (χ2v) is 6.24. The quantitative estimate of drug-likeness (QED) is 0.705. The minimum atomic E-state index is -0.563. The van der Waals surface area contributed by atoms with Crippen LogP contribution in [0.2, 0.25) is 5.02 Å². The second-order valence-electron chi connectivity index (χ2n) is 5.83. The van der Waals surface area contributed by atoms with E-state index >= 15 is 0 Å². The fraction of sp³-hybridized carbons (Fsp3) is 0.200. The van der Waals surface area contributed by atoms with Gasteiger partial charge in [-0.1, -0.05) is 23.7 Å². The van der Waals surface area contributed by atoms with Gasteiger partial charge in [-0.25, -0.2) is 0 Å². The number of aromatic hydroxyl groups is 1. The van der Waals surface area contributed by atoms with Crippen LogP contribution in [0.1, 0.15) is 31.0 Å². The van der Waals surface area contributed by atoms with Crippen LogP contribution in [-0.2, 0) is 4.79 Å². The van der Waals surface area contributed by atoms with E-state index in [2.05, 4.69) is 10.3 Å². The third-order valence-electron chi connectivity index (χ3n) is 4.03. The Morgan fingerprint density at radius 2 is 2.04 bits per heavy atom. The molecular formula is C20H19ClN2O3. The molecule has 5 nitrogen and oxygen atoms in total. The van der Waals surface area contributed by atoms with Gasteiger partial charge in [-0.2, -0.15) is 0 Å². The van der Waals surface area contributed by atoms with E-state index in [1.54, 1.807) is 24.4 Å². The highest BCUT2D eigenvalue weighted by molar-refractivity contribution is 6.35. The van der Waals surface area contributed by atoms with Crippen molar-refractivity contribution in [3.8, 4) is 11.5 Å². The molecule has 1 amide bonds. The average molecular weight is 371 g/mol. The van der Waals surface area contributed by atoms with Crippen LogP contribution in [0.3, 0.4) is 0 Å². The number of fused-ring (bicyclic) bond motifs is 1. The first-order valence-corrected chi connectivity index (χ1v) is 8.65. The molecule has 0 saturated carbocycles. The van der Waals surface area contributed by atoms with Gasteiger partial charge in [0.1, 0.15) is 17.0 Å². The van der Waals surface area contributed by atoms with Crippen molar-refractivity contribution in [2.75, 3.05) is 6.61 Å². The molecule has 0 spiro atoms. The Labute approximate surface area is 156 Å². The summed E-state index contributed by atoms with van der Waals surface area (Å²) in [5, 5.41) is 14.7. The zero-order valence-corrected chi connectivity index (χ0v) is 15.2. The number of nitrogens with zero attached hydrogens (tertiary/aromatic N) is 1. The number of ether oxygens (including phenoxy) is 1. The highest BCUT2D eigenvalue weighted by Crippen LogP contribution is 2.38. The zero-order valence-electron chi connectivity index (χ0n) is 14.5. The monoisotopic (exact) mass is 370 g/mol. The molecule has 0 aliphatic rings. The van der Waals surface area contributed by atoms with Crippen molar-refractivity contribution in [1.82, 2.24) is 10.3 Å². The summed E-state index contributed by atoms with van der Waals surface area (Å²) < 4.78 is 5.46. The van der Waals surface area contributed by atoms with Crippen LogP contribution in [-0.4, -0.2) is 22.6 Å². The molecule has 1 aromatic heterocycles. The van der Waals surface area contributed by atoms with Crippen LogP contribution in [0, 0.1) is 0 Å². The lowest BCUT2D eigenvalue weighted by atomic mass is 9.96. The molecule has 3 rings (SSSR count). The van der Waals surface area contributed by atoms with Crippen molar-refractivity contribution in [3.05, 3.63) is 64.8 Å². The number of phenolic OH excluding ortho intramolecular Hbond substituents is 1. The van der Waals surface area contributed by atoms with Crippen LogP contribution in [0.15, 0.2) is 48.7 Å². The van der Waals surface area contributed by atoms with Gasteiger partial charge in [0.05, 0.1) is 17.7 Å². The number of nitrogens with one attached hydrogen (secondary N) is 1. The molecule has 3 aromatic rings. The maximum Gasteiger partial charge on any atom is 0.217 e. The zero-order chi connectivity index (χ0) is 18.7. The van der Waals surface area contributed by atoms with Gasteiger partial charge in [-0.3, -0.25) is 9.78 Å². The molecule has 26 heavy (non-hydrogen) atoms. The van der Waals surface area contributed by atoms with Crippen LogP contribution >= 0.6 is 11.6 Å². The van der Waals surface area contributed by atoms with E-state index in [-0.39, 0.29) is 11.7 Å². The van der Waals surface area contributed by atoms with Crippen LogP contribution < -0.4 is 10.1 Å². The number of carbonyl (C=O) groups is 1. The van der Waals surface area contributed by atoms with Crippen LogP contribution in [0.4, 0.5) is 0 Å². The van der Waals surface area contributed by atoms with Crippen molar-refractivity contribution >= 4 is 28.4 Å². The van der Waals surface area contributed by atoms with E-state index in [9.17, 15) is 9.90 Å². The lowest BCUT2D eigenvalue weighted by molar-refractivity contribution is -0.119. The predicted octanol–water partition coefficient (Wildman–Crippen LogP) is 4.22. The molecule has 2 N–H and O–H groups in total. The van der Waals surface area contributed by atoms with Crippen LogP contribution in [0.5, 0.6) is 11.5 Å². The number of halogens is 1. The summed E-state index contributed by atoms with van der Waals surface area (Å²) in [7, 11) is 0. The normalized spacial score (nSPS) is 12.0. The fourth-order valence-electron chi connectivity index (χ4n) is 2.89. The minimum absolute atomic E-state index is 0.00219. The molecule has 134 valence electrons. The van der Waals surface area contributed by atoms with Crippen molar-refractivity contribution in [1.29, 1.82) is 0 Å². The van der Waals surface area contributed by atoms with Crippen molar-refractivity contribution in [3.63, 3.8) is 0 Å². The SMILES string of the molecule is CCOc1ccc([C@@H](NC(C)=O)c2cc(Cl)c3cccnc3c2O)cc1. The van der Waals surface area contributed by atoms with E-state index < -0.39 is 6.04 Å². The number of pyridine rings is 1. The van der Waals surface area contributed by atoms with Crippen LogP contribution in [0.25, 0.3) is 10.9 Å². The molecule has 0 bridgehead atoms. The number of carbonyl (C=O) groups excluding carboxylic acids is 1. The largest absolute Gasteiger partial charge is 0.505 e. The molecule has 0 aliphatic heterocycles. The topological polar surface area (TPSA) is 71.5 Å². The number of hydrogen-bond donors (Lipinski definition) is 2. The lowest BCUT2D eigenvalue weighted by Crippen LogP contribution is -2.27. The Kier molecular flexibility index (Phi) is 5.28. The van der Waals surface area contributed by atoms with Gasteiger partial charge in [0.15, 0.2) is 0 Å². The first kappa shape index (κ1) is 18.0. The van der Waals surface area contributed by atoms with E-state index in [0.29, 0.717) is 28.1 Å². The maximum absolute atomic E-state index is 11.8. The fourth-order valence-corrected chi connectivity index (χ4v) is 3.16. The summed E-state index contributed by atoms with van der Waals surface area (Å²) in [6, 6.07) is 12.0. The van der Waals surface area contributed by atoms with Crippen molar-refractivity contribution in [2.45, 2.75) is 19.9 Å². The standard InChI is InChI=1S/C20H19ClN2O3/c1-3-26-14-8-6-13(7-9-14)18(23-12(2)24)16-11-17(21)15-5-4-10-22-19(15)20(16)25/h4-11,18,25H,3H2,1-2H3,(H,23,24)/t18-/m1/s1. The van der Waals surface area contributed by atoms with Gasteiger partial charge < -0.3 is 15.2 Å². The number of phenols is 1. The Morgan fingerprint density at radius 1 is 1.31 bits per heavy atom. The maximum atomic E-state index is 11.8. The average Bonchev–Trinajstić information content (AvgIpc) is 2.64.